The van der Waals surface area contributed by atoms with Crippen LogP contribution in [-0.2, 0) is 11.2 Å². The number of benzene rings is 1. The molecule has 1 unspecified atom stereocenters. The fourth-order valence-electron chi connectivity index (χ4n) is 3.29. The van der Waals surface area contributed by atoms with E-state index in [4.69, 9.17) is 0 Å². The van der Waals surface area contributed by atoms with Crippen molar-refractivity contribution in [3.63, 3.8) is 0 Å². The minimum Gasteiger partial charge on any atom is -0.326 e. The van der Waals surface area contributed by atoms with Gasteiger partial charge in [0.25, 0.3) is 5.56 Å². The van der Waals surface area contributed by atoms with Crippen LogP contribution in [0.3, 0.4) is 0 Å². The van der Waals surface area contributed by atoms with E-state index in [1.165, 1.54) is 0 Å². The number of nitrogens with zero attached hydrogens (tertiary/aromatic N) is 2. The average molecular weight is 357 g/mol. The molecule has 1 aromatic heterocycles. The van der Waals surface area contributed by atoms with Crippen LogP contribution in [0.25, 0.3) is 0 Å². The lowest BCUT2D eigenvalue weighted by Gasteiger charge is -2.16. The smallest absolute Gasteiger partial charge is 0.257 e. The number of rotatable bonds is 4. The largest absolute Gasteiger partial charge is 0.326 e. The number of amides is 1. The molecule has 1 aromatic carbocycles. The number of para-hydroxylation sites is 1. The highest BCUT2D eigenvalue weighted by atomic mass is 32.2. The van der Waals surface area contributed by atoms with E-state index in [1.807, 2.05) is 45.9 Å². The van der Waals surface area contributed by atoms with E-state index < -0.39 is 0 Å². The Kier molecular flexibility index (Phi) is 4.99. The van der Waals surface area contributed by atoms with Crippen LogP contribution in [0.2, 0.25) is 0 Å². The third-order valence-corrected chi connectivity index (χ3v) is 5.77. The van der Waals surface area contributed by atoms with Crippen molar-refractivity contribution in [2.24, 2.45) is 0 Å². The summed E-state index contributed by atoms with van der Waals surface area (Å²) in [5.74, 6) is 0.635. The summed E-state index contributed by atoms with van der Waals surface area (Å²) < 4.78 is 1.71. The Morgan fingerprint density at radius 1 is 1.32 bits per heavy atom. The first-order chi connectivity index (χ1) is 11.9. The molecule has 1 N–H and O–H groups in total. The van der Waals surface area contributed by atoms with Crippen LogP contribution in [0.15, 0.2) is 28.2 Å². The van der Waals surface area contributed by atoms with Crippen LogP contribution in [0, 0.1) is 20.8 Å². The van der Waals surface area contributed by atoms with Crippen molar-refractivity contribution < 1.29 is 4.79 Å². The summed E-state index contributed by atoms with van der Waals surface area (Å²) in [6.07, 6.45) is 0.936. The summed E-state index contributed by atoms with van der Waals surface area (Å²) in [4.78, 5) is 29.9. The summed E-state index contributed by atoms with van der Waals surface area (Å²) in [5.41, 5.74) is 4.48. The van der Waals surface area contributed by atoms with E-state index in [-0.39, 0.29) is 23.9 Å². The normalized spacial score (nSPS) is 15.9. The first-order valence-electron chi connectivity index (χ1n) is 8.53. The molecular weight excluding hydrogens is 334 g/mol. The molecule has 5 nitrogen and oxygen atoms in total. The molecule has 0 spiro atoms. The van der Waals surface area contributed by atoms with Crippen molar-refractivity contribution in [3.8, 4) is 0 Å². The minimum absolute atomic E-state index is 0.000118. The molecule has 2 heterocycles. The number of anilines is 1. The van der Waals surface area contributed by atoms with E-state index in [2.05, 4.69) is 10.3 Å². The van der Waals surface area contributed by atoms with E-state index in [0.717, 1.165) is 33.2 Å². The number of thioether (sulfide) groups is 1. The Morgan fingerprint density at radius 2 is 2.00 bits per heavy atom. The van der Waals surface area contributed by atoms with Crippen LogP contribution in [0.1, 0.15) is 41.8 Å². The van der Waals surface area contributed by atoms with Crippen molar-refractivity contribution in [1.82, 2.24) is 9.55 Å². The molecule has 6 heteroatoms. The van der Waals surface area contributed by atoms with E-state index in [0.29, 0.717) is 12.2 Å². The highest BCUT2D eigenvalue weighted by Gasteiger charge is 2.29. The molecule has 0 saturated heterocycles. The quantitative estimate of drug-likeness (QED) is 0.852. The molecule has 0 bridgehead atoms. The van der Waals surface area contributed by atoms with Gasteiger partial charge in [-0.15, -0.1) is 0 Å². The third-order valence-electron chi connectivity index (χ3n) is 4.67. The number of carbonyl (C=O) groups is 1. The maximum Gasteiger partial charge on any atom is 0.257 e. The van der Waals surface area contributed by atoms with Crippen molar-refractivity contribution in [3.05, 3.63) is 50.9 Å². The van der Waals surface area contributed by atoms with Gasteiger partial charge in [-0.1, -0.05) is 36.9 Å². The average Bonchev–Trinajstić information content (AvgIpc) is 2.94. The van der Waals surface area contributed by atoms with Gasteiger partial charge >= 0.3 is 0 Å². The zero-order chi connectivity index (χ0) is 18.1. The van der Waals surface area contributed by atoms with E-state index >= 15 is 0 Å². The monoisotopic (exact) mass is 357 g/mol. The highest BCUT2D eigenvalue weighted by Crippen LogP contribution is 2.33. The van der Waals surface area contributed by atoms with Crippen molar-refractivity contribution in [2.75, 3.05) is 11.1 Å². The lowest BCUT2D eigenvalue weighted by Crippen LogP contribution is -2.30. The summed E-state index contributed by atoms with van der Waals surface area (Å²) in [6, 6.07) is 5.79. The molecule has 0 aliphatic carbocycles. The molecule has 132 valence electrons. The molecule has 2 aromatic rings. The van der Waals surface area contributed by atoms with Gasteiger partial charge in [0.05, 0.1) is 6.04 Å². The van der Waals surface area contributed by atoms with Gasteiger partial charge < -0.3 is 5.32 Å². The second kappa shape index (κ2) is 7.04. The minimum atomic E-state index is -0.143. The molecular formula is C19H23N3O2S. The number of aryl methyl sites for hydroxylation is 3. The van der Waals surface area contributed by atoms with Gasteiger partial charge in [-0.2, -0.15) is 0 Å². The summed E-state index contributed by atoms with van der Waals surface area (Å²) in [7, 11) is 0. The number of aromatic nitrogens is 2. The number of fused-ring (bicyclic) bond motifs is 1. The van der Waals surface area contributed by atoms with Crippen LogP contribution < -0.4 is 10.9 Å². The maximum absolute atomic E-state index is 12.7. The fraction of sp³-hybridized carbons (Fsp3) is 0.421. The molecule has 0 saturated carbocycles. The summed E-state index contributed by atoms with van der Waals surface area (Å²) in [6.45, 7) is 7.80. The van der Waals surface area contributed by atoms with Crippen LogP contribution in [0.5, 0.6) is 0 Å². The zero-order valence-corrected chi connectivity index (χ0v) is 15.9. The first kappa shape index (κ1) is 17.7. The predicted octanol–water partition coefficient (Wildman–Crippen LogP) is 3.41. The molecule has 1 atom stereocenters. The molecule has 1 aliphatic rings. The molecule has 1 amide bonds. The topological polar surface area (TPSA) is 64.0 Å². The van der Waals surface area contributed by atoms with Gasteiger partial charge in [-0.25, -0.2) is 4.98 Å². The molecule has 0 fully saturated rings. The van der Waals surface area contributed by atoms with Crippen LogP contribution in [0.4, 0.5) is 5.69 Å². The highest BCUT2D eigenvalue weighted by molar-refractivity contribution is 7.99. The van der Waals surface area contributed by atoms with Crippen LogP contribution >= 0.6 is 11.8 Å². The van der Waals surface area contributed by atoms with Gasteiger partial charge in [0.1, 0.15) is 0 Å². The fourth-order valence-corrected chi connectivity index (χ4v) is 4.48. The third kappa shape index (κ3) is 3.35. The van der Waals surface area contributed by atoms with Crippen molar-refractivity contribution >= 4 is 23.4 Å². The second-order valence-corrected chi connectivity index (χ2v) is 7.46. The molecule has 25 heavy (non-hydrogen) atoms. The van der Waals surface area contributed by atoms with Crippen LogP contribution in [-0.4, -0.2) is 21.2 Å². The SMILES string of the molecule is CCc1c(C)nc2n(c1=O)C(CC(=O)Nc1c(C)cccc1C)CS2. The summed E-state index contributed by atoms with van der Waals surface area (Å²) in [5, 5.41) is 3.74. The zero-order valence-electron chi connectivity index (χ0n) is 15.0. The Bertz CT molecular complexity index is 869. The van der Waals surface area contributed by atoms with Gasteiger partial charge in [-0.05, 0) is 38.3 Å². The Labute approximate surface area is 151 Å². The lowest BCUT2D eigenvalue weighted by molar-refractivity contribution is -0.116. The number of hydrogen-bond acceptors (Lipinski definition) is 4. The Morgan fingerprint density at radius 3 is 2.64 bits per heavy atom. The van der Waals surface area contributed by atoms with Gasteiger partial charge in [0, 0.05) is 29.1 Å². The summed E-state index contributed by atoms with van der Waals surface area (Å²) >= 11 is 1.55. The standard InChI is InChI=1S/C19H23N3O2S/c1-5-15-13(4)20-19-22(18(15)24)14(10-25-19)9-16(23)21-17-11(2)7-6-8-12(17)3/h6-8,14H,5,9-10H2,1-4H3,(H,21,23). The van der Waals surface area contributed by atoms with Crippen molar-refractivity contribution in [1.29, 1.82) is 0 Å². The molecule has 3 rings (SSSR count). The van der Waals surface area contributed by atoms with Gasteiger partial charge in [0.15, 0.2) is 5.16 Å². The number of hydrogen-bond donors (Lipinski definition) is 1. The maximum atomic E-state index is 12.7. The van der Waals surface area contributed by atoms with E-state index in [1.54, 1.807) is 16.3 Å². The first-order valence-corrected chi connectivity index (χ1v) is 9.51. The Hall–Kier alpha value is -2.08. The van der Waals surface area contributed by atoms with E-state index in [9.17, 15) is 9.59 Å². The Balaban J connectivity index is 1.83. The van der Waals surface area contributed by atoms with Gasteiger partial charge in [0.2, 0.25) is 5.91 Å². The van der Waals surface area contributed by atoms with Gasteiger partial charge in [-0.3, -0.25) is 14.2 Å². The molecule has 1 aliphatic heterocycles. The number of carbonyl (C=O) groups excluding carboxylic acids is 1. The number of nitrogens with one attached hydrogen (secondary N) is 1. The second-order valence-electron chi connectivity index (χ2n) is 6.47. The lowest BCUT2D eigenvalue weighted by atomic mass is 10.1. The predicted molar refractivity (Wildman–Crippen MR) is 102 cm³/mol. The van der Waals surface area contributed by atoms with Crippen molar-refractivity contribution in [2.45, 2.75) is 51.7 Å². The molecule has 0 radical (unpaired) electrons.